The molecule has 0 unspecified atom stereocenters. The molecule has 0 amide bonds. The number of aromatic nitrogens is 5. The molecule has 4 rings (SSSR count). The first-order chi connectivity index (χ1) is 14.8. The zero-order valence-electron chi connectivity index (χ0n) is 16.3. The Bertz CT molecular complexity index is 1290. The summed E-state index contributed by atoms with van der Waals surface area (Å²) < 4.78 is 43.2. The molecule has 0 fully saturated rings. The molecular weight excluding hydrogens is 435 g/mol. The number of alkyl halides is 3. The normalized spacial score (nSPS) is 12.3. The molecule has 0 saturated carbocycles. The average Bonchev–Trinajstić information content (AvgIpc) is 3.17. The van der Waals surface area contributed by atoms with Gasteiger partial charge in [0.15, 0.2) is 0 Å². The highest BCUT2D eigenvalue weighted by Crippen LogP contribution is 2.24. The number of imidazole rings is 1. The number of rotatable bonds is 7. The quantitative estimate of drug-likeness (QED) is 0.343. The van der Waals surface area contributed by atoms with E-state index in [1.54, 1.807) is 12.1 Å². The standard InChI is InChI=1S/C20H19ClF3N5O2/c21-18-4-3-15-14(26-18)9-13(27(15)7-1-2-8-30)11-28-17-10-25-6-5-16(17)29(19(28)31)12-20(22,23)24/h3-6,9-10,30H,1-2,7-8,11-12H2. The van der Waals surface area contributed by atoms with Crippen molar-refractivity contribution in [2.24, 2.45) is 0 Å². The van der Waals surface area contributed by atoms with E-state index in [-0.39, 0.29) is 18.7 Å². The number of hydrogen-bond acceptors (Lipinski definition) is 4. The van der Waals surface area contributed by atoms with Gasteiger partial charge in [-0.3, -0.25) is 14.1 Å². The Morgan fingerprint density at radius 2 is 1.84 bits per heavy atom. The molecule has 7 nitrogen and oxygen atoms in total. The van der Waals surface area contributed by atoms with Crippen LogP contribution in [0.1, 0.15) is 18.5 Å². The Kier molecular flexibility index (Phi) is 5.76. The minimum atomic E-state index is -4.54. The van der Waals surface area contributed by atoms with E-state index in [1.807, 2.05) is 10.6 Å². The molecule has 1 N–H and O–H groups in total. The van der Waals surface area contributed by atoms with Gasteiger partial charge in [-0.15, -0.1) is 0 Å². The van der Waals surface area contributed by atoms with Crippen molar-refractivity contribution in [3.63, 3.8) is 0 Å². The summed E-state index contributed by atoms with van der Waals surface area (Å²) in [6, 6.07) is 6.64. The summed E-state index contributed by atoms with van der Waals surface area (Å²) in [6.07, 6.45) is -0.516. The van der Waals surface area contributed by atoms with Crippen molar-refractivity contribution in [2.75, 3.05) is 6.61 Å². The minimum absolute atomic E-state index is 0.0407. The maximum Gasteiger partial charge on any atom is 0.406 e. The van der Waals surface area contributed by atoms with E-state index < -0.39 is 18.4 Å². The Balaban J connectivity index is 1.83. The van der Waals surface area contributed by atoms with Gasteiger partial charge < -0.3 is 9.67 Å². The molecule has 0 aromatic carbocycles. The molecule has 31 heavy (non-hydrogen) atoms. The first kappa shape index (κ1) is 21.4. The molecule has 0 bridgehead atoms. The SMILES string of the molecule is O=c1n(Cc2cc3nc(Cl)ccc3n2CCCCO)c2cnccc2n1CC(F)(F)F. The maximum absolute atomic E-state index is 13.1. The molecule has 0 atom stereocenters. The molecule has 11 heteroatoms. The third-order valence-corrected chi connectivity index (χ3v) is 5.29. The maximum atomic E-state index is 13.1. The van der Waals surface area contributed by atoms with E-state index in [4.69, 9.17) is 16.7 Å². The molecule has 4 aromatic rings. The summed E-state index contributed by atoms with van der Waals surface area (Å²) in [6.45, 7) is -0.736. The average molecular weight is 454 g/mol. The predicted molar refractivity (Wildman–Crippen MR) is 110 cm³/mol. The van der Waals surface area contributed by atoms with Gasteiger partial charge in [0.25, 0.3) is 0 Å². The topological polar surface area (TPSA) is 77.9 Å². The second-order valence-electron chi connectivity index (χ2n) is 7.19. The van der Waals surface area contributed by atoms with Crippen LogP contribution in [0.15, 0.2) is 41.5 Å². The fourth-order valence-corrected chi connectivity index (χ4v) is 3.91. The lowest BCUT2D eigenvalue weighted by atomic mass is 10.3. The highest BCUT2D eigenvalue weighted by atomic mass is 35.5. The van der Waals surface area contributed by atoms with Crippen molar-refractivity contribution in [1.82, 2.24) is 23.7 Å². The van der Waals surface area contributed by atoms with Crippen LogP contribution in [0.3, 0.4) is 0 Å². The summed E-state index contributed by atoms with van der Waals surface area (Å²) >= 11 is 6.01. The number of pyridine rings is 2. The number of aliphatic hydroxyl groups is 1. The fourth-order valence-electron chi connectivity index (χ4n) is 3.76. The molecular formula is C20H19ClF3N5O2. The minimum Gasteiger partial charge on any atom is -0.396 e. The van der Waals surface area contributed by atoms with Gasteiger partial charge in [-0.1, -0.05) is 11.6 Å². The number of halogens is 4. The Hall–Kier alpha value is -2.85. The van der Waals surface area contributed by atoms with Crippen LogP contribution in [-0.4, -0.2) is 41.6 Å². The molecule has 0 spiro atoms. The highest BCUT2D eigenvalue weighted by Gasteiger charge is 2.31. The first-order valence-corrected chi connectivity index (χ1v) is 10.0. The van der Waals surface area contributed by atoms with Crippen molar-refractivity contribution in [3.8, 4) is 0 Å². The van der Waals surface area contributed by atoms with Crippen molar-refractivity contribution < 1.29 is 18.3 Å². The van der Waals surface area contributed by atoms with E-state index in [9.17, 15) is 18.0 Å². The van der Waals surface area contributed by atoms with Gasteiger partial charge in [0, 0.05) is 25.0 Å². The van der Waals surface area contributed by atoms with Crippen LogP contribution < -0.4 is 5.69 Å². The van der Waals surface area contributed by atoms with E-state index in [2.05, 4.69) is 9.97 Å². The van der Waals surface area contributed by atoms with Crippen LogP contribution in [0.25, 0.3) is 22.1 Å². The van der Waals surface area contributed by atoms with Gasteiger partial charge >= 0.3 is 11.9 Å². The van der Waals surface area contributed by atoms with Gasteiger partial charge in [0.05, 0.1) is 34.8 Å². The van der Waals surface area contributed by atoms with Crippen LogP contribution in [-0.2, 0) is 19.6 Å². The van der Waals surface area contributed by atoms with Crippen LogP contribution in [0.4, 0.5) is 13.2 Å². The lowest BCUT2D eigenvalue weighted by Gasteiger charge is -2.11. The zero-order chi connectivity index (χ0) is 22.2. The van der Waals surface area contributed by atoms with Crippen LogP contribution in [0, 0.1) is 0 Å². The van der Waals surface area contributed by atoms with Crippen molar-refractivity contribution in [2.45, 2.75) is 38.7 Å². The number of aliphatic hydroxyl groups excluding tert-OH is 1. The van der Waals surface area contributed by atoms with Crippen molar-refractivity contribution in [3.05, 3.63) is 58.0 Å². The number of aryl methyl sites for hydroxylation is 1. The summed E-state index contributed by atoms with van der Waals surface area (Å²) in [7, 11) is 0. The zero-order valence-corrected chi connectivity index (χ0v) is 17.1. The van der Waals surface area contributed by atoms with E-state index in [0.29, 0.717) is 45.8 Å². The molecule has 0 radical (unpaired) electrons. The summed E-state index contributed by atoms with van der Waals surface area (Å²) in [5, 5.41) is 9.43. The second kappa shape index (κ2) is 8.35. The molecule has 0 aliphatic carbocycles. The van der Waals surface area contributed by atoms with E-state index >= 15 is 0 Å². The van der Waals surface area contributed by atoms with Gasteiger partial charge in [0.1, 0.15) is 11.7 Å². The van der Waals surface area contributed by atoms with Gasteiger partial charge in [-0.2, -0.15) is 13.2 Å². The number of fused-ring (bicyclic) bond motifs is 2. The molecule has 164 valence electrons. The smallest absolute Gasteiger partial charge is 0.396 e. The molecule has 4 aromatic heterocycles. The van der Waals surface area contributed by atoms with E-state index in [1.165, 1.54) is 23.0 Å². The number of nitrogens with zero attached hydrogens (tertiary/aromatic N) is 5. The molecule has 0 saturated heterocycles. The third-order valence-electron chi connectivity index (χ3n) is 5.08. The van der Waals surface area contributed by atoms with Crippen molar-refractivity contribution >= 4 is 33.7 Å². The predicted octanol–water partition coefficient (Wildman–Crippen LogP) is 3.58. The van der Waals surface area contributed by atoms with Gasteiger partial charge in [-0.05, 0) is 37.1 Å². The lowest BCUT2D eigenvalue weighted by Crippen LogP contribution is -2.30. The molecule has 0 aliphatic heterocycles. The largest absolute Gasteiger partial charge is 0.406 e. The van der Waals surface area contributed by atoms with Crippen LogP contribution in [0.5, 0.6) is 0 Å². The van der Waals surface area contributed by atoms with Crippen LogP contribution in [0.2, 0.25) is 5.15 Å². The van der Waals surface area contributed by atoms with Gasteiger partial charge in [-0.25, -0.2) is 9.78 Å². The second-order valence-corrected chi connectivity index (χ2v) is 7.58. The van der Waals surface area contributed by atoms with Crippen molar-refractivity contribution in [1.29, 1.82) is 0 Å². The van der Waals surface area contributed by atoms with E-state index in [0.717, 1.165) is 5.52 Å². The Morgan fingerprint density at radius 3 is 2.58 bits per heavy atom. The fraction of sp³-hybridized carbons (Fsp3) is 0.350. The summed E-state index contributed by atoms with van der Waals surface area (Å²) in [4.78, 5) is 21.2. The monoisotopic (exact) mass is 453 g/mol. The molecule has 0 aliphatic rings. The number of hydrogen-bond donors (Lipinski definition) is 1. The van der Waals surface area contributed by atoms with Crippen LogP contribution >= 0.6 is 11.6 Å². The van der Waals surface area contributed by atoms with Gasteiger partial charge in [0.2, 0.25) is 0 Å². The summed E-state index contributed by atoms with van der Waals surface area (Å²) in [5.74, 6) is 0. The Morgan fingerprint density at radius 1 is 1.03 bits per heavy atom. The first-order valence-electron chi connectivity index (χ1n) is 9.64. The highest BCUT2D eigenvalue weighted by molar-refractivity contribution is 6.29. The lowest BCUT2D eigenvalue weighted by molar-refractivity contribution is -0.140. The molecule has 4 heterocycles. The summed E-state index contributed by atoms with van der Waals surface area (Å²) in [5.41, 5.74) is 1.83. The third kappa shape index (κ3) is 4.31. The Labute approximate surface area is 179 Å². The number of unbranched alkanes of at least 4 members (excludes halogenated alkanes) is 1.